The Balaban J connectivity index is 1.41. The number of halogens is 1. The summed E-state index contributed by atoms with van der Waals surface area (Å²) < 4.78 is 29.7. The molecule has 2 atom stereocenters. The van der Waals surface area contributed by atoms with Gasteiger partial charge in [-0.15, -0.1) is 0 Å². The molecule has 2 aromatic rings. The number of benzene rings is 2. The Morgan fingerprint density at radius 2 is 1.86 bits per heavy atom. The average molecular weight is 389 g/mol. The largest absolute Gasteiger partial charge is 0.493 e. The Hall–Kier alpha value is -2.31. The summed E-state index contributed by atoms with van der Waals surface area (Å²) in [5.74, 6) is 2.10. The topological polar surface area (TPSA) is 51.2 Å². The van der Waals surface area contributed by atoms with Crippen LogP contribution in [0.25, 0.3) is 0 Å². The number of likely N-dealkylation sites (tertiary alicyclic amines) is 1. The molecule has 1 aliphatic rings. The van der Waals surface area contributed by atoms with Gasteiger partial charge in [0.15, 0.2) is 11.5 Å². The van der Waals surface area contributed by atoms with Crippen LogP contribution in [0.15, 0.2) is 48.5 Å². The number of hydrogen-bond acceptors (Lipinski definition) is 5. The van der Waals surface area contributed by atoms with Crippen molar-refractivity contribution in [1.82, 2.24) is 4.90 Å². The molecule has 0 spiro atoms. The number of methoxy groups -OCH3 is 1. The molecule has 0 saturated carbocycles. The maximum absolute atomic E-state index is 13.0. The second kappa shape index (κ2) is 10.3. The minimum Gasteiger partial charge on any atom is -0.493 e. The average Bonchev–Trinajstić information content (AvgIpc) is 2.72. The van der Waals surface area contributed by atoms with Gasteiger partial charge in [-0.3, -0.25) is 0 Å². The fraction of sp³-hybridized carbons (Fsp3) is 0.455. The Labute approximate surface area is 165 Å². The molecule has 1 saturated heterocycles. The van der Waals surface area contributed by atoms with Crippen LogP contribution in [0.3, 0.4) is 0 Å². The normalized spacial score (nSPS) is 18.5. The molecule has 1 heterocycles. The van der Waals surface area contributed by atoms with Crippen LogP contribution >= 0.6 is 0 Å². The summed E-state index contributed by atoms with van der Waals surface area (Å²) in [6.45, 7) is 3.19. The summed E-state index contributed by atoms with van der Waals surface area (Å²) in [4.78, 5) is 2.25. The van der Waals surface area contributed by atoms with Gasteiger partial charge in [-0.05, 0) is 55.8 Å². The molecule has 1 aliphatic heterocycles. The lowest BCUT2D eigenvalue weighted by Crippen LogP contribution is -2.43. The van der Waals surface area contributed by atoms with Gasteiger partial charge in [0.2, 0.25) is 0 Å². The standard InChI is InChI=1S/C22H28FNO4/c1-26-21-6-2-3-7-22(21)28-16-19(25)14-24-12-4-5-17(13-24)15-27-20-10-8-18(23)9-11-20/h2-3,6-11,17,19,25H,4-5,12-16H2,1H3. The summed E-state index contributed by atoms with van der Waals surface area (Å²) in [7, 11) is 1.60. The van der Waals surface area contributed by atoms with Gasteiger partial charge in [0.1, 0.15) is 24.3 Å². The van der Waals surface area contributed by atoms with E-state index in [1.54, 1.807) is 19.2 Å². The second-order valence-electron chi connectivity index (χ2n) is 7.15. The lowest BCUT2D eigenvalue weighted by Gasteiger charge is -2.33. The monoisotopic (exact) mass is 389 g/mol. The Kier molecular flexibility index (Phi) is 7.51. The van der Waals surface area contributed by atoms with Gasteiger partial charge in [0, 0.05) is 19.0 Å². The van der Waals surface area contributed by atoms with Crippen LogP contribution in [0.1, 0.15) is 12.8 Å². The van der Waals surface area contributed by atoms with Crippen LogP contribution < -0.4 is 14.2 Å². The minimum atomic E-state index is -0.582. The number of ether oxygens (including phenoxy) is 3. The van der Waals surface area contributed by atoms with Crippen LogP contribution in [0.4, 0.5) is 4.39 Å². The summed E-state index contributed by atoms with van der Waals surface area (Å²) >= 11 is 0. The fourth-order valence-corrected chi connectivity index (χ4v) is 3.47. The van der Waals surface area contributed by atoms with Crippen molar-refractivity contribution in [1.29, 1.82) is 0 Å². The molecular formula is C22H28FNO4. The van der Waals surface area contributed by atoms with E-state index in [0.29, 0.717) is 36.3 Å². The number of aliphatic hydroxyl groups excluding tert-OH is 1. The Morgan fingerprint density at radius 3 is 2.61 bits per heavy atom. The van der Waals surface area contributed by atoms with E-state index in [-0.39, 0.29) is 12.4 Å². The second-order valence-corrected chi connectivity index (χ2v) is 7.15. The number of para-hydroxylation sites is 2. The van der Waals surface area contributed by atoms with Crippen LogP contribution in [0.5, 0.6) is 17.2 Å². The van der Waals surface area contributed by atoms with E-state index < -0.39 is 6.10 Å². The molecule has 152 valence electrons. The van der Waals surface area contributed by atoms with E-state index in [1.807, 2.05) is 24.3 Å². The highest BCUT2D eigenvalue weighted by Gasteiger charge is 2.22. The summed E-state index contributed by atoms with van der Waals surface area (Å²) in [6, 6.07) is 13.5. The van der Waals surface area contributed by atoms with Crippen LogP contribution in [0, 0.1) is 11.7 Å². The van der Waals surface area contributed by atoms with Gasteiger partial charge in [0.25, 0.3) is 0 Å². The quantitative estimate of drug-likeness (QED) is 0.713. The minimum absolute atomic E-state index is 0.216. The number of aliphatic hydroxyl groups is 1. The summed E-state index contributed by atoms with van der Waals surface area (Å²) in [5, 5.41) is 10.4. The third kappa shape index (κ3) is 6.11. The maximum Gasteiger partial charge on any atom is 0.161 e. The first-order valence-electron chi connectivity index (χ1n) is 9.68. The van der Waals surface area contributed by atoms with Crippen molar-refractivity contribution in [3.63, 3.8) is 0 Å². The number of nitrogens with zero attached hydrogens (tertiary/aromatic N) is 1. The number of piperidine rings is 1. The lowest BCUT2D eigenvalue weighted by molar-refractivity contribution is 0.0445. The summed E-state index contributed by atoms with van der Waals surface area (Å²) in [5.41, 5.74) is 0. The van der Waals surface area contributed by atoms with E-state index in [0.717, 1.165) is 25.9 Å². The van der Waals surface area contributed by atoms with E-state index in [2.05, 4.69) is 4.90 Å². The highest BCUT2D eigenvalue weighted by molar-refractivity contribution is 5.39. The van der Waals surface area contributed by atoms with Gasteiger partial charge < -0.3 is 24.2 Å². The molecule has 0 aliphatic carbocycles. The molecule has 0 bridgehead atoms. The molecule has 2 aromatic carbocycles. The number of hydrogen-bond donors (Lipinski definition) is 1. The molecular weight excluding hydrogens is 361 g/mol. The molecule has 0 amide bonds. The molecule has 6 heteroatoms. The van der Waals surface area contributed by atoms with E-state index in [1.165, 1.54) is 12.1 Å². The highest BCUT2D eigenvalue weighted by Crippen LogP contribution is 2.26. The zero-order valence-corrected chi connectivity index (χ0v) is 16.2. The zero-order chi connectivity index (χ0) is 19.8. The van der Waals surface area contributed by atoms with E-state index in [4.69, 9.17) is 14.2 Å². The highest BCUT2D eigenvalue weighted by atomic mass is 19.1. The molecule has 1 fully saturated rings. The summed E-state index contributed by atoms with van der Waals surface area (Å²) in [6.07, 6.45) is 1.57. The van der Waals surface area contributed by atoms with Crippen molar-refractivity contribution in [2.75, 3.05) is 40.0 Å². The lowest BCUT2D eigenvalue weighted by atomic mass is 9.98. The Bertz CT molecular complexity index is 725. The predicted octanol–water partition coefficient (Wildman–Crippen LogP) is 3.37. The van der Waals surface area contributed by atoms with E-state index in [9.17, 15) is 9.50 Å². The van der Waals surface area contributed by atoms with Crippen LogP contribution in [0.2, 0.25) is 0 Å². The van der Waals surface area contributed by atoms with Gasteiger partial charge in [0.05, 0.1) is 13.7 Å². The first kappa shape index (κ1) is 20.4. The van der Waals surface area contributed by atoms with Gasteiger partial charge in [-0.2, -0.15) is 0 Å². The van der Waals surface area contributed by atoms with Crippen molar-refractivity contribution >= 4 is 0 Å². The molecule has 3 rings (SSSR count). The zero-order valence-electron chi connectivity index (χ0n) is 16.2. The van der Waals surface area contributed by atoms with Crippen molar-refractivity contribution in [3.8, 4) is 17.2 Å². The number of β-amino-alcohol motifs (C(OH)–C–C–N with tert-alkyl or cyclic N) is 1. The first-order valence-corrected chi connectivity index (χ1v) is 9.68. The predicted molar refractivity (Wildman–Crippen MR) is 106 cm³/mol. The Morgan fingerprint density at radius 1 is 1.11 bits per heavy atom. The van der Waals surface area contributed by atoms with Gasteiger partial charge in [-0.25, -0.2) is 4.39 Å². The molecule has 2 unspecified atom stereocenters. The van der Waals surface area contributed by atoms with Crippen molar-refractivity contribution < 1.29 is 23.7 Å². The van der Waals surface area contributed by atoms with Crippen molar-refractivity contribution in [2.24, 2.45) is 5.92 Å². The maximum atomic E-state index is 13.0. The molecule has 0 aromatic heterocycles. The van der Waals surface area contributed by atoms with Gasteiger partial charge >= 0.3 is 0 Å². The van der Waals surface area contributed by atoms with Crippen LogP contribution in [-0.2, 0) is 0 Å². The van der Waals surface area contributed by atoms with Crippen LogP contribution in [-0.4, -0.2) is 56.1 Å². The number of rotatable bonds is 9. The SMILES string of the molecule is COc1ccccc1OCC(O)CN1CCCC(COc2ccc(F)cc2)C1. The molecule has 5 nitrogen and oxygen atoms in total. The van der Waals surface area contributed by atoms with E-state index >= 15 is 0 Å². The molecule has 0 radical (unpaired) electrons. The fourth-order valence-electron chi connectivity index (χ4n) is 3.47. The van der Waals surface area contributed by atoms with Crippen molar-refractivity contribution in [2.45, 2.75) is 18.9 Å². The molecule has 28 heavy (non-hydrogen) atoms. The molecule has 1 N–H and O–H groups in total. The van der Waals surface area contributed by atoms with Gasteiger partial charge in [-0.1, -0.05) is 12.1 Å². The third-order valence-corrected chi connectivity index (χ3v) is 4.87. The first-order chi connectivity index (χ1) is 13.6. The van der Waals surface area contributed by atoms with Crippen molar-refractivity contribution in [3.05, 3.63) is 54.3 Å². The smallest absolute Gasteiger partial charge is 0.161 e. The third-order valence-electron chi connectivity index (χ3n) is 4.87.